The van der Waals surface area contributed by atoms with Gasteiger partial charge in [0.2, 0.25) is 11.8 Å². The second kappa shape index (κ2) is 4.33. The summed E-state index contributed by atoms with van der Waals surface area (Å²) < 4.78 is 0. The maximum absolute atomic E-state index is 12.4. The van der Waals surface area contributed by atoms with Crippen molar-refractivity contribution in [3.8, 4) is 0 Å². The molecule has 1 aromatic rings. The number of nitrogens with zero attached hydrogens (tertiary/aromatic N) is 1. The summed E-state index contributed by atoms with van der Waals surface area (Å²) in [6.07, 6.45) is 0.635. The summed E-state index contributed by atoms with van der Waals surface area (Å²) in [7, 11) is 0. The fraction of sp³-hybridized carbons (Fsp3) is 0.357. The fourth-order valence-electron chi connectivity index (χ4n) is 2.81. The van der Waals surface area contributed by atoms with E-state index in [2.05, 4.69) is 5.32 Å². The van der Waals surface area contributed by atoms with E-state index in [9.17, 15) is 14.4 Å². The quantitative estimate of drug-likeness (QED) is 0.570. The van der Waals surface area contributed by atoms with E-state index in [0.29, 0.717) is 24.2 Å². The molecule has 2 aliphatic heterocycles. The molecule has 1 unspecified atom stereocenters. The van der Waals surface area contributed by atoms with Crippen LogP contribution in [0.1, 0.15) is 34.3 Å². The Kier molecular flexibility index (Phi) is 2.74. The first-order valence-corrected chi connectivity index (χ1v) is 6.51. The maximum atomic E-state index is 12.4. The summed E-state index contributed by atoms with van der Waals surface area (Å²) >= 11 is 0. The van der Waals surface area contributed by atoms with Gasteiger partial charge in [-0.05, 0) is 36.6 Å². The van der Waals surface area contributed by atoms with Gasteiger partial charge in [0.25, 0.3) is 5.91 Å². The topological polar surface area (TPSA) is 92.5 Å². The van der Waals surface area contributed by atoms with E-state index in [1.54, 1.807) is 12.1 Å². The van der Waals surface area contributed by atoms with E-state index in [0.717, 1.165) is 11.1 Å². The molecule has 1 atom stereocenters. The van der Waals surface area contributed by atoms with E-state index < -0.39 is 11.9 Å². The Morgan fingerprint density at radius 2 is 2.05 bits per heavy atom. The highest BCUT2D eigenvalue weighted by molar-refractivity contribution is 6.05. The number of nitrogens with two attached hydrogens (primary N) is 1. The van der Waals surface area contributed by atoms with Crippen molar-refractivity contribution in [1.29, 1.82) is 0 Å². The number of nitrogen functional groups attached to an aromatic ring is 1. The van der Waals surface area contributed by atoms with Crippen LogP contribution in [-0.2, 0) is 16.1 Å². The molecule has 6 nitrogen and oxygen atoms in total. The molecule has 0 saturated carbocycles. The molecule has 6 heteroatoms. The number of hydrogen-bond donors (Lipinski definition) is 2. The summed E-state index contributed by atoms with van der Waals surface area (Å²) in [5.41, 5.74) is 8.85. The zero-order valence-electron chi connectivity index (χ0n) is 11.1. The van der Waals surface area contributed by atoms with Crippen molar-refractivity contribution in [3.63, 3.8) is 0 Å². The van der Waals surface area contributed by atoms with E-state index in [1.807, 2.05) is 6.92 Å². The van der Waals surface area contributed by atoms with Crippen molar-refractivity contribution in [2.24, 2.45) is 0 Å². The van der Waals surface area contributed by atoms with Gasteiger partial charge >= 0.3 is 0 Å². The van der Waals surface area contributed by atoms with E-state index in [4.69, 9.17) is 5.73 Å². The van der Waals surface area contributed by atoms with Crippen molar-refractivity contribution >= 4 is 23.4 Å². The van der Waals surface area contributed by atoms with Crippen LogP contribution in [0.2, 0.25) is 0 Å². The number of fused-ring (bicyclic) bond motifs is 1. The number of amides is 3. The van der Waals surface area contributed by atoms with Gasteiger partial charge in [0, 0.05) is 24.2 Å². The number of piperidine rings is 1. The molecule has 2 heterocycles. The normalized spacial score (nSPS) is 21.9. The van der Waals surface area contributed by atoms with Gasteiger partial charge in [-0.25, -0.2) is 0 Å². The lowest BCUT2D eigenvalue weighted by molar-refractivity contribution is -0.136. The summed E-state index contributed by atoms with van der Waals surface area (Å²) in [6.45, 7) is 2.24. The molecular formula is C14H15N3O3. The first-order valence-electron chi connectivity index (χ1n) is 6.51. The number of carbonyl (C=O) groups is 3. The van der Waals surface area contributed by atoms with Gasteiger partial charge in [0.05, 0.1) is 0 Å². The molecule has 3 N–H and O–H groups in total. The largest absolute Gasteiger partial charge is 0.399 e. The minimum Gasteiger partial charge on any atom is -0.399 e. The Morgan fingerprint density at radius 3 is 2.75 bits per heavy atom. The molecule has 1 saturated heterocycles. The first-order chi connectivity index (χ1) is 9.49. The third kappa shape index (κ3) is 1.76. The van der Waals surface area contributed by atoms with Crippen LogP contribution in [0.3, 0.4) is 0 Å². The van der Waals surface area contributed by atoms with Crippen molar-refractivity contribution in [3.05, 3.63) is 28.8 Å². The Bertz CT molecular complexity index is 639. The predicted octanol–water partition coefficient (Wildman–Crippen LogP) is 0.338. The average Bonchev–Trinajstić information content (AvgIpc) is 2.72. The van der Waals surface area contributed by atoms with Crippen LogP contribution in [0.15, 0.2) is 12.1 Å². The smallest absolute Gasteiger partial charge is 0.255 e. The molecule has 20 heavy (non-hydrogen) atoms. The Hall–Kier alpha value is -2.37. The van der Waals surface area contributed by atoms with Crippen LogP contribution in [0.25, 0.3) is 0 Å². The van der Waals surface area contributed by atoms with Crippen molar-refractivity contribution < 1.29 is 14.4 Å². The zero-order valence-corrected chi connectivity index (χ0v) is 11.1. The molecule has 1 fully saturated rings. The van der Waals surface area contributed by atoms with Crippen molar-refractivity contribution in [2.45, 2.75) is 32.4 Å². The molecule has 104 valence electrons. The van der Waals surface area contributed by atoms with Crippen LogP contribution in [0.5, 0.6) is 0 Å². The van der Waals surface area contributed by atoms with Gasteiger partial charge in [-0.3, -0.25) is 19.7 Å². The molecule has 3 rings (SSSR count). The van der Waals surface area contributed by atoms with Gasteiger partial charge < -0.3 is 10.6 Å². The average molecular weight is 273 g/mol. The van der Waals surface area contributed by atoms with Gasteiger partial charge in [-0.1, -0.05) is 0 Å². The summed E-state index contributed by atoms with van der Waals surface area (Å²) in [5.74, 6) is -0.846. The molecule has 0 aliphatic carbocycles. The number of benzene rings is 1. The minimum absolute atomic E-state index is 0.169. The zero-order chi connectivity index (χ0) is 14.4. The summed E-state index contributed by atoms with van der Waals surface area (Å²) in [5, 5.41) is 2.28. The van der Waals surface area contributed by atoms with Crippen LogP contribution in [0.4, 0.5) is 5.69 Å². The minimum atomic E-state index is -0.576. The highest BCUT2D eigenvalue weighted by atomic mass is 16.2. The lowest BCUT2D eigenvalue weighted by atomic mass is 10.0. The fourth-order valence-corrected chi connectivity index (χ4v) is 2.81. The summed E-state index contributed by atoms with van der Waals surface area (Å²) in [6, 6.07) is 2.83. The SMILES string of the molecule is Cc1c(N)ccc2c1CN(C1CCC(=O)NC1=O)C2=O. The second-order valence-corrected chi connectivity index (χ2v) is 5.21. The van der Waals surface area contributed by atoms with Crippen molar-refractivity contribution in [2.75, 3.05) is 5.73 Å². The lowest BCUT2D eigenvalue weighted by Crippen LogP contribution is -2.52. The third-order valence-corrected chi connectivity index (χ3v) is 4.05. The Labute approximate surface area is 115 Å². The van der Waals surface area contributed by atoms with Crippen LogP contribution in [0, 0.1) is 6.92 Å². The third-order valence-electron chi connectivity index (χ3n) is 4.05. The van der Waals surface area contributed by atoms with E-state index >= 15 is 0 Å². The van der Waals surface area contributed by atoms with E-state index in [1.165, 1.54) is 4.90 Å². The van der Waals surface area contributed by atoms with Crippen LogP contribution >= 0.6 is 0 Å². The molecule has 1 aromatic carbocycles. The van der Waals surface area contributed by atoms with Crippen LogP contribution in [-0.4, -0.2) is 28.7 Å². The Balaban J connectivity index is 1.92. The van der Waals surface area contributed by atoms with E-state index in [-0.39, 0.29) is 18.2 Å². The van der Waals surface area contributed by atoms with Gasteiger partial charge in [-0.15, -0.1) is 0 Å². The molecule has 3 amide bonds. The van der Waals surface area contributed by atoms with Gasteiger partial charge in [0.15, 0.2) is 0 Å². The standard InChI is InChI=1S/C14H15N3O3/c1-7-9-6-17(11-4-5-12(18)16-13(11)19)14(20)8(9)2-3-10(7)15/h2-3,11H,4-6,15H2,1H3,(H,16,18,19). The number of carbonyl (C=O) groups excluding carboxylic acids is 3. The van der Waals surface area contributed by atoms with Crippen LogP contribution < -0.4 is 11.1 Å². The highest BCUT2D eigenvalue weighted by Gasteiger charge is 2.39. The molecule has 0 radical (unpaired) electrons. The number of rotatable bonds is 1. The first kappa shape index (κ1) is 12.7. The Morgan fingerprint density at radius 1 is 1.30 bits per heavy atom. The summed E-state index contributed by atoms with van der Waals surface area (Å²) in [4.78, 5) is 37.0. The molecular weight excluding hydrogens is 258 g/mol. The van der Waals surface area contributed by atoms with Gasteiger partial charge in [-0.2, -0.15) is 0 Å². The van der Waals surface area contributed by atoms with Crippen molar-refractivity contribution in [1.82, 2.24) is 10.2 Å². The lowest BCUT2D eigenvalue weighted by Gasteiger charge is -2.29. The molecule has 0 aromatic heterocycles. The molecule has 0 spiro atoms. The molecule has 0 bridgehead atoms. The number of hydrogen-bond acceptors (Lipinski definition) is 4. The number of imide groups is 1. The number of nitrogens with one attached hydrogen (secondary N) is 1. The van der Waals surface area contributed by atoms with Gasteiger partial charge in [0.1, 0.15) is 6.04 Å². The monoisotopic (exact) mass is 273 g/mol. The molecule has 2 aliphatic rings. The highest BCUT2D eigenvalue weighted by Crippen LogP contribution is 2.31. The number of anilines is 1. The second-order valence-electron chi connectivity index (χ2n) is 5.21. The maximum Gasteiger partial charge on any atom is 0.255 e. The predicted molar refractivity (Wildman–Crippen MR) is 71.6 cm³/mol.